The van der Waals surface area contributed by atoms with Crippen LogP contribution in [0.5, 0.6) is 0 Å². The number of hydrogen-bond donors (Lipinski definition) is 1. The van der Waals surface area contributed by atoms with Crippen LogP contribution in [0, 0.1) is 0 Å². The predicted molar refractivity (Wildman–Crippen MR) is 75.1 cm³/mol. The molecule has 1 aromatic rings. The van der Waals surface area contributed by atoms with E-state index in [9.17, 15) is 4.79 Å². The molecule has 4 heteroatoms. The van der Waals surface area contributed by atoms with Gasteiger partial charge in [-0.1, -0.05) is 18.2 Å². The van der Waals surface area contributed by atoms with E-state index >= 15 is 0 Å². The highest BCUT2D eigenvalue weighted by Gasteiger charge is 2.17. The SMILES string of the molecule is COC(=O)c1ccccc1CNC1CCCN(C)C1. The maximum absolute atomic E-state index is 11.7. The summed E-state index contributed by atoms with van der Waals surface area (Å²) in [5.74, 6) is -0.266. The average Bonchev–Trinajstić information content (AvgIpc) is 2.45. The minimum absolute atomic E-state index is 0.266. The summed E-state index contributed by atoms with van der Waals surface area (Å²) in [6, 6.07) is 8.12. The van der Waals surface area contributed by atoms with Gasteiger partial charge in [0, 0.05) is 19.1 Å². The molecule has 4 nitrogen and oxygen atoms in total. The monoisotopic (exact) mass is 262 g/mol. The van der Waals surface area contributed by atoms with Gasteiger partial charge in [0.1, 0.15) is 0 Å². The van der Waals surface area contributed by atoms with Crippen molar-refractivity contribution in [2.75, 3.05) is 27.2 Å². The minimum atomic E-state index is -0.266. The topological polar surface area (TPSA) is 41.6 Å². The number of piperidine rings is 1. The normalized spacial score (nSPS) is 20.2. The first kappa shape index (κ1) is 14.0. The summed E-state index contributed by atoms with van der Waals surface area (Å²) >= 11 is 0. The maximum atomic E-state index is 11.7. The van der Waals surface area contributed by atoms with Gasteiger partial charge in [-0.15, -0.1) is 0 Å². The molecule has 1 unspecified atom stereocenters. The molecule has 1 heterocycles. The first-order valence-corrected chi connectivity index (χ1v) is 6.79. The fourth-order valence-corrected chi connectivity index (χ4v) is 2.57. The van der Waals surface area contributed by atoms with Gasteiger partial charge in [0.25, 0.3) is 0 Å². The van der Waals surface area contributed by atoms with Gasteiger partial charge >= 0.3 is 5.97 Å². The molecular weight excluding hydrogens is 240 g/mol. The number of likely N-dealkylation sites (N-methyl/N-ethyl adjacent to an activating group) is 1. The van der Waals surface area contributed by atoms with Crippen molar-refractivity contribution >= 4 is 5.97 Å². The molecule has 0 aliphatic carbocycles. The van der Waals surface area contributed by atoms with Crippen LogP contribution in [0.1, 0.15) is 28.8 Å². The van der Waals surface area contributed by atoms with Crippen LogP contribution in [-0.2, 0) is 11.3 Å². The number of methoxy groups -OCH3 is 1. The van der Waals surface area contributed by atoms with E-state index in [1.54, 1.807) is 0 Å². The van der Waals surface area contributed by atoms with Gasteiger partial charge in [0.05, 0.1) is 12.7 Å². The van der Waals surface area contributed by atoms with Gasteiger partial charge in [0.2, 0.25) is 0 Å². The molecule has 2 rings (SSSR count). The number of nitrogens with zero attached hydrogens (tertiary/aromatic N) is 1. The van der Waals surface area contributed by atoms with Crippen LogP contribution >= 0.6 is 0 Å². The molecule has 104 valence electrons. The number of likely N-dealkylation sites (tertiary alicyclic amines) is 1. The van der Waals surface area contributed by atoms with Gasteiger partial charge < -0.3 is 15.0 Å². The number of benzene rings is 1. The Morgan fingerprint density at radius 3 is 3.00 bits per heavy atom. The Kier molecular flexibility index (Phi) is 4.93. The third-order valence-corrected chi connectivity index (χ3v) is 3.63. The summed E-state index contributed by atoms with van der Waals surface area (Å²) in [7, 11) is 3.57. The van der Waals surface area contributed by atoms with E-state index in [0.717, 1.165) is 12.1 Å². The Labute approximate surface area is 114 Å². The smallest absolute Gasteiger partial charge is 0.338 e. The fraction of sp³-hybridized carbons (Fsp3) is 0.533. The summed E-state index contributed by atoms with van der Waals surface area (Å²) in [4.78, 5) is 14.0. The minimum Gasteiger partial charge on any atom is -0.465 e. The Morgan fingerprint density at radius 2 is 2.26 bits per heavy atom. The van der Waals surface area contributed by atoms with Gasteiger partial charge in [0.15, 0.2) is 0 Å². The molecular formula is C15H22N2O2. The Bertz CT molecular complexity index is 434. The molecule has 1 aliphatic heterocycles. The molecule has 1 saturated heterocycles. The number of carbonyl (C=O) groups excluding carboxylic acids is 1. The van der Waals surface area contributed by atoms with E-state index in [-0.39, 0.29) is 5.97 Å². The largest absolute Gasteiger partial charge is 0.465 e. The van der Waals surface area contributed by atoms with Crippen molar-refractivity contribution in [1.29, 1.82) is 0 Å². The van der Waals surface area contributed by atoms with Gasteiger partial charge in [-0.3, -0.25) is 0 Å². The third-order valence-electron chi connectivity index (χ3n) is 3.63. The molecule has 0 amide bonds. The van der Waals surface area contributed by atoms with Crippen molar-refractivity contribution in [3.05, 3.63) is 35.4 Å². The first-order chi connectivity index (χ1) is 9.20. The zero-order valence-electron chi connectivity index (χ0n) is 11.7. The van der Waals surface area contributed by atoms with E-state index in [4.69, 9.17) is 4.74 Å². The Morgan fingerprint density at radius 1 is 1.47 bits per heavy atom. The van der Waals surface area contributed by atoms with Gasteiger partial charge in [-0.05, 0) is 38.1 Å². The number of carbonyl (C=O) groups is 1. The average molecular weight is 262 g/mol. The number of ether oxygens (including phenoxy) is 1. The van der Waals surface area contributed by atoms with E-state index in [2.05, 4.69) is 17.3 Å². The number of hydrogen-bond acceptors (Lipinski definition) is 4. The Balaban J connectivity index is 1.97. The lowest BCUT2D eigenvalue weighted by Crippen LogP contribution is -2.43. The summed E-state index contributed by atoms with van der Waals surface area (Å²) in [5, 5.41) is 3.54. The number of nitrogens with one attached hydrogen (secondary N) is 1. The molecule has 19 heavy (non-hydrogen) atoms. The van der Waals surface area contributed by atoms with Crippen LogP contribution in [0.2, 0.25) is 0 Å². The van der Waals surface area contributed by atoms with Crippen molar-refractivity contribution in [2.45, 2.75) is 25.4 Å². The molecule has 0 bridgehead atoms. The maximum Gasteiger partial charge on any atom is 0.338 e. The summed E-state index contributed by atoms with van der Waals surface area (Å²) < 4.78 is 4.81. The molecule has 1 N–H and O–H groups in total. The quantitative estimate of drug-likeness (QED) is 0.838. The lowest BCUT2D eigenvalue weighted by molar-refractivity contribution is 0.0599. The van der Waals surface area contributed by atoms with Crippen molar-refractivity contribution in [1.82, 2.24) is 10.2 Å². The van der Waals surface area contributed by atoms with Crippen LogP contribution in [0.25, 0.3) is 0 Å². The van der Waals surface area contributed by atoms with Crippen LogP contribution in [0.4, 0.5) is 0 Å². The molecule has 0 aromatic heterocycles. The zero-order valence-corrected chi connectivity index (χ0v) is 11.7. The lowest BCUT2D eigenvalue weighted by Gasteiger charge is -2.30. The van der Waals surface area contributed by atoms with E-state index < -0.39 is 0 Å². The third kappa shape index (κ3) is 3.78. The standard InChI is InChI=1S/C15H22N2O2/c1-17-9-5-7-13(11-17)16-10-12-6-3-4-8-14(12)15(18)19-2/h3-4,6,8,13,16H,5,7,9-11H2,1-2H3. The second kappa shape index (κ2) is 6.68. The van der Waals surface area contributed by atoms with E-state index in [1.165, 1.54) is 26.5 Å². The van der Waals surface area contributed by atoms with Gasteiger partial charge in [-0.2, -0.15) is 0 Å². The second-order valence-corrected chi connectivity index (χ2v) is 5.13. The van der Waals surface area contributed by atoms with Crippen LogP contribution in [0.15, 0.2) is 24.3 Å². The van der Waals surface area contributed by atoms with E-state index in [0.29, 0.717) is 18.2 Å². The highest BCUT2D eigenvalue weighted by atomic mass is 16.5. The molecule has 1 fully saturated rings. The van der Waals surface area contributed by atoms with Crippen LogP contribution < -0.4 is 5.32 Å². The molecule has 0 spiro atoms. The molecule has 0 radical (unpaired) electrons. The van der Waals surface area contributed by atoms with Gasteiger partial charge in [-0.25, -0.2) is 4.79 Å². The van der Waals surface area contributed by atoms with Crippen LogP contribution in [0.3, 0.4) is 0 Å². The highest BCUT2D eigenvalue weighted by Crippen LogP contribution is 2.12. The Hall–Kier alpha value is -1.39. The first-order valence-electron chi connectivity index (χ1n) is 6.79. The highest BCUT2D eigenvalue weighted by molar-refractivity contribution is 5.90. The van der Waals surface area contributed by atoms with Crippen LogP contribution in [-0.4, -0.2) is 44.2 Å². The molecule has 1 aromatic carbocycles. The molecule has 1 atom stereocenters. The van der Waals surface area contributed by atoms with Crippen molar-refractivity contribution in [3.8, 4) is 0 Å². The number of rotatable bonds is 4. The molecule has 1 aliphatic rings. The van der Waals surface area contributed by atoms with E-state index in [1.807, 2.05) is 24.3 Å². The summed E-state index contributed by atoms with van der Waals surface area (Å²) in [6.07, 6.45) is 2.43. The summed E-state index contributed by atoms with van der Waals surface area (Å²) in [5.41, 5.74) is 1.66. The summed E-state index contributed by atoms with van der Waals surface area (Å²) in [6.45, 7) is 2.96. The lowest BCUT2D eigenvalue weighted by atomic mass is 10.0. The molecule has 0 saturated carbocycles. The number of esters is 1. The van der Waals surface area contributed by atoms with Crippen molar-refractivity contribution < 1.29 is 9.53 Å². The van der Waals surface area contributed by atoms with Crippen molar-refractivity contribution in [2.24, 2.45) is 0 Å². The predicted octanol–water partition coefficient (Wildman–Crippen LogP) is 1.66. The van der Waals surface area contributed by atoms with Crippen molar-refractivity contribution in [3.63, 3.8) is 0 Å². The fourth-order valence-electron chi connectivity index (χ4n) is 2.57. The second-order valence-electron chi connectivity index (χ2n) is 5.13. The zero-order chi connectivity index (χ0) is 13.7.